The van der Waals surface area contributed by atoms with E-state index in [-0.39, 0.29) is 5.78 Å². The van der Waals surface area contributed by atoms with Crippen molar-refractivity contribution in [1.29, 1.82) is 0 Å². The summed E-state index contributed by atoms with van der Waals surface area (Å²) < 4.78 is 0. The molecular formula is C17H17ClO. The van der Waals surface area contributed by atoms with Gasteiger partial charge in [0.2, 0.25) is 0 Å². The first-order valence-corrected chi connectivity index (χ1v) is 6.75. The summed E-state index contributed by atoms with van der Waals surface area (Å²) in [6.45, 7) is 6.01. The molecule has 0 fully saturated rings. The van der Waals surface area contributed by atoms with Crippen molar-refractivity contribution in [3.8, 4) is 0 Å². The number of carbonyl (C=O) groups excluding carboxylic acids is 1. The predicted octanol–water partition coefficient (Wildman–Crippen LogP) is 4.77. The van der Waals surface area contributed by atoms with Crippen LogP contribution in [0, 0.1) is 20.8 Å². The molecule has 2 rings (SSSR count). The Hall–Kier alpha value is -1.60. The predicted molar refractivity (Wildman–Crippen MR) is 80.0 cm³/mol. The minimum absolute atomic E-state index is 0.0338. The molecule has 1 nitrogen and oxygen atoms in total. The van der Waals surface area contributed by atoms with Crippen molar-refractivity contribution in [2.24, 2.45) is 0 Å². The van der Waals surface area contributed by atoms with Gasteiger partial charge in [-0.3, -0.25) is 4.79 Å². The Labute approximate surface area is 119 Å². The first-order valence-electron chi connectivity index (χ1n) is 6.32. The molecule has 0 aromatic heterocycles. The number of aryl methyl sites for hydroxylation is 3. The highest BCUT2D eigenvalue weighted by molar-refractivity contribution is 6.34. The van der Waals surface area contributed by atoms with E-state index in [9.17, 15) is 4.79 Å². The maximum atomic E-state index is 12.5. The van der Waals surface area contributed by atoms with Gasteiger partial charge in [0.15, 0.2) is 5.78 Å². The Balaban J connectivity index is 2.37. The molecule has 0 bridgehead atoms. The molecule has 0 heterocycles. The van der Waals surface area contributed by atoms with Crippen LogP contribution in [0.3, 0.4) is 0 Å². The van der Waals surface area contributed by atoms with Gasteiger partial charge in [-0.1, -0.05) is 36.4 Å². The van der Waals surface area contributed by atoms with Crippen LogP contribution in [0.1, 0.15) is 38.0 Å². The van der Waals surface area contributed by atoms with E-state index in [0.29, 0.717) is 5.56 Å². The molecule has 0 aliphatic rings. The summed E-state index contributed by atoms with van der Waals surface area (Å²) in [6.07, 6.45) is 0. The fraction of sp³-hybridized carbons (Fsp3) is 0.235. The Kier molecular flexibility index (Phi) is 4.06. The molecule has 0 radical (unpaired) electrons. The number of ketones is 1. The van der Waals surface area contributed by atoms with Crippen molar-refractivity contribution in [2.45, 2.75) is 26.1 Å². The molecule has 0 spiro atoms. The van der Waals surface area contributed by atoms with Crippen LogP contribution >= 0.6 is 11.6 Å². The second-order valence-electron chi connectivity index (χ2n) is 4.89. The standard InChI is InChI=1S/C17H17ClO/c1-11-9-13(3)15(10-12(11)2)17(19)16(18)14-7-5-4-6-8-14/h4-10,16H,1-3H3. The number of halogens is 1. The van der Waals surface area contributed by atoms with Crippen LogP contribution in [0.25, 0.3) is 0 Å². The van der Waals surface area contributed by atoms with Gasteiger partial charge in [0.05, 0.1) is 0 Å². The average Bonchev–Trinajstić information content (AvgIpc) is 2.42. The van der Waals surface area contributed by atoms with Gasteiger partial charge >= 0.3 is 0 Å². The number of carbonyl (C=O) groups is 1. The Morgan fingerprint density at radius 2 is 1.53 bits per heavy atom. The summed E-state index contributed by atoms with van der Waals surface area (Å²) in [5, 5.41) is -0.623. The molecule has 0 aliphatic heterocycles. The summed E-state index contributed by atoms with van der Waals surface area (Å²) in [4.78, 5) is 12.5. The van der Waals surface area contributed by atoms with E-state index in [1.54, 1.807) is 0 Å². The van der Waals surface area contributed by atoms with Gasteiger partial charge in [0.25, 0.3) is 0 Å². The average molecular weight is 273 g/mol. The molecule has 98 valence electrons. The largest absolute Gasteiger partial charge is 0.292 e. The van der Waals surface area contributed by atoms with Crippen molar-refractivity contribution in [1.82, 2.24) is 0 Å². The van der Waals surface area contributed by atoms with Crippen LogP contribution in [0.15, 0.2) is 42.5 Å². The minimum atomic E-state index is -0.623. The molecule has 0 amide bonds. The number of hydrogen-bond acceptors (Lipinski definition) is 1. The first-order chi connectivity index (χ1) is 9.00. The molecule has 0 N–H and O–H groups in total. The van der Waals surface area contributed by atoms with Gasteiger partial charge in [-0.25, -0.2) is 0 Å². The second kappa shape index (κ2) is 5.58. The van der Waals surface area contributed by atoms with E-state index in [0.717, 1.165) is 16.7 Å². The lowest BCUT2D eigenvalue weighted by Gasteiger charge is -2.13. The van der Waals surface area contributed by atoms with Crippen molar-refractivity contribution in [2.75, 3.05) is 0 Å². The number of benzene rings is 2. The molecule has 2 aromatic carbocycles. The molecule has 2 heteroatoms. The Bertz CT molecular complexity index is 602. The summed E-state index contributed by atoms with van der Waals surface area (Å²) in [5.74, 6) is -0.0338. The zero-order valence-corrected chi connectivity index (χ0v) is 12.2. The summed E-state index contributed by atoms with van der Waals surface area (Å²) >= 11 is 6.31. The fourth-order valence-corrected chi connectivity index (χ4v) is 2.40. The van der Waals surface area contributed by atoms with Crippen LogP contribution in [0.5, 0.6) is 0 Å². The van der Waals surface area contributed by atoms with Gasteiger partial charge < -0.3 is 0 Å². The van der Waals surface area contributed by atoms with E-state index in [4.69, 9.17) is 11.6 Å². The second-order valence-corrected chi connectivity index (χ2v) is 5.33. The SMILES string of the molecule is Cc1cc(C)c(C(=O)C(Cl)c2ccccc2)cc1C. The van der Waals surface area contributed by atoms with E-state index in [1.165, 1.54) is 5.56 Å². The maximum absolute atomic E-state index is 12.5. The fourth-order valence-electron chi connectivity index (χ4n) is 2.14. The van der Waals surface area contributed by atoms with Crippen molar-refractivity contribution >= 4 is 17.4 Å². The van der Waals surface area contributed by atoms with E-state index in [2.05, 4.69) is 0 Å². The van der Waals surface area contributed by atoms with E-state index in [1.807, 2.05) is 63.2 Å². The highest BCUT2D eigenvalue weighted by Gasteiger charge is 2.21. The number of hydrogen-bond donors (Lipinski definition) is 0. The zero-order valence-electron chi connectivity index (χ0n) is 11.4. The molecule has 1 atom stereocenters. The smallest absolute Gasteiger partial charge is 0.185 e. The molecule has 0 aliphatic carbocycles. The summed E-state index contributed by atoms with van der Waals surface area (Å²) in [7, 11) is 0. The van der Waals surface area contributed by atoms with Crippen LogP contribution in [-0.2, 0) is 0 Å². The molecular weight excluding hydrogens is 256 g/mol. The van der Waals surface area contributed by atoms with Crippen LogP contribution < -0.4 is 0 Å². The van der Waals surface area contributed by atoms with Crippen molar-refractivity contribution < 1.29 is 4.79 Å². The molecule has 2 aromatic rings. The molecule has 1 unspecified atom stereocenters. The van der Waals surface area contributed by atoms with E-state index >= 15 is 0 Å². The molecule has 19 heavy (non-hydrogen) atoms. The quantitative estimate of drug-likeness (QED) is 0.581. The monoisotopic (exact) mass is 272 g/mol. The lowest BCUT2D eigenvalue weighted by molar-refractivity contribution is 0.0986. The van der Waals surface area contributed by atoms with Crippen molar-refractivity contribution in [3.05, 3.63) is 70.3 Å². The third-order valence-corrected chi connectivity index (χ3v) is 3.88. The van der Waals surface area contributed by atoms with Crippen LogP contribution in [-0.4, -0.2) is 5.78 Å². The summed E-state index contributed by atoms with van der Waals surface area (Å²) in [5.41, 5.74) is 4.85. The lowest BCUT2D eigenvalue weighted by Crippen LogP contribution is -2.10. The van der Waals surface area contributed by atoms with Gasteiger partial charge in [-0.05, 0) is 49.1 Å². The topological polar surface area (TPSA) is 17.1 Å². The van der Waals surface area contributed by atoms with Gasteiger partial charge in [0.1, 0.15) is 5.38 Å². The van der Waals surface area contributed by atoms with Crippen LogP contribution in [0.2, 0.25) is 0 Å². The zero-order chi connectivity index (χ0) is 14.0. The van der Waals surface area contributed by atoms with Crippen LogP contribution in [0.4, 0.5) is 0 Å². The lowest BCUT2D eigenvalue weighted by atomic mass is 9.95. The van der Waals surface area contributed by atoms with E-state index < -0.39 is 5.38 Å². The maximum Gasteiger partial charge on any atom is 0.185 e. The third kappa shape index (κ3) is 2.87. The highest BCUT2D eigenvalue weighted by Crippen LogP contribution is 2.27. The van der Waals surface area contributed by atoms with Crippen molar-refractivity contribution in [3.63, 3.8) is 0 Å². The Morgan fingerprint density at radius 1 is 0.947 bits per heavy atom. The molecule has 0 saturated heterocycles. The Morgan fingerprint density at radius 3 is 2.16 bits per heavy atom. The highest BCUT2D eigenvalue weighted by atomic mass is 35.5. The molecule has 0 saturated carbocycles. The van der Waals surface area contributed by atoms with Gasteiger partial charge in [-0.2, -0.15) is 0 Å². The van der Waals surface area contributed by atoms with Gasteiger partial charge in [0, 0.05) is 5.56 Å². The first kappa shape index (κ1) is 13.8. The third-order valence-electron chi connectivity index (χ3n) is 3.43. The normalized spacial score (nSPS) is 12.2. The minimum Gasteiger partial charge on any atom is -0.292 e. The van der Waals surface area contributed by atoms with Gasteiger partial charge in [-0.15, -0.1) is 11.6 Å². The number of Topliss-reactive ketones (excluding diaryl/α,β-unsaturated/α-hetero) is 1. The number of alkyl halides is 1. The number of rotatable bonds is 3. The summed E-state index contributed by atoms with van der Waals surface area (Å²) in [6, 6.07) is 13.4.